The number of aryl methyl sites for hydroxylation is 2. The molecular weight excluding hydrogens is 270 g/mol. The lowest BCUT2D eigenvalue weighted by molar-refractivity contribution is -0.140. The Morgan fingerprint density at radius 2 is 2.05 bits per heavy atom. The quantitative estimate of drug-likeness (QED) is 0.856. The normalized spacial score (nSPS) is 19.8. The number of hydrogen-bond donors (Lipinski definition) is 2. The number of thiophene rings is 1. The van der Waals surface area contributed by atoms with Crippen molar-refractivity contribution >= 4 is 17.3 Å². The van der Waals surface area contributed by atoms with Crippen LogP contribution < -0.4 is 5.73 Å². The van der Waals surface area contributed by atoms with Gasteiger partial charge in [-0.3, -0.25) is 4.79 Å². The lowest BCUT2D eigenvalue weighted by Crippen LogP contribution is -2.31. The van der Waals surface area contributed by atoms with E-state index in [0.717, 1.165) is 32.1 Å². The minimum Gasteiger partial charge on any atom is -0.481 e. The van der Waals surface area contributed by atoms with Crippen molar-refractivity contribution in [1.82, 2.24) is 0 Å². The molecule has 112 valence electrons. The minimum atomic E-state index is -0.682. The van der Waals surface area contributed by atoms with Gasteiger partial charge in [-0.2, -0.15) is 0 Å². The molecule has 0 aromatic carbocycles. The van der Waals surface area contributed by atoms with Gasteiger partial charge in [-0.15, -0.1) is 11.3 Å². The van der Waals surface area contributed by atoms with Crippen molar-refractivity contribution in [2.45, 2.75) is 64.8 Å². The van der Waals surface area contributed by atoms with Gasteiger partial charge in [0.05, 0.1) is 6.42 Å². The van der Waals surface area contributed by atoms with Crippen LogP contribution in [0.4, 0.5) is 0 Å². The standard InChI is InChI=1S/C16H25NO2S/c1-11-8-12(2)20-15(11)13(17)9-16(10-14(18)19)6-4-3-5-7-16/h8,13H,3-7,9-10,17H2,1-2H3,(H,18,19). The first-order valence-electron chi connectivity index (χ1n) is 7.46. The van der Waals surface area contributed by atoms with Gasteiger partial charge in [-0.05, 0) is 50.2 Å². The van der Waals surface area contributed by atoms with E-state index in [1.54, 1.807) is 11.3 Å². The van der Waals surface area contributed by atoms with Crippen LogP contribution in [0.2, 0.25) is 0 Å². The fourth-order valence-electron chi connectivity index (χ4n) is 3.66. The number of carboxylic acid groups (broad SMARTS) is 1. The summed E-state index contributed by atoms with van der Waals surface area (Å²) in [6, 6.07) is 2.15. The third-order valence-electron chi connectivity index (χ3n) is 4.51. The molecule has 1 fully saturated rings. The highest BCUT2D eigenvalue weighted by Gasteiger charge is 2.36. The molecule has 20 heavy (non-hydrogen) atoms. The van der Waals surface area contributed by atoms with E-state index in [9.17, 15) is 9.90 Å². The van der Waals surface area contributed by atoms with Gasteiger partial charge in [-0.1, -0.05) is 19.3 Å². The molecule has 1 saturated carbocycles. The van der Waals surface area contributed by atoms with E-state index in [2.05, 4.69) is 19.9 Å². The zero-order valence-electron chi connectivity index (χ0n) is 12.4. The minimum absolute atomic E-state index is 0.0221. The molecular formula is C16H25NO2S. The van der Waals surface area contributed by atoms with Crippen LogP contribution in [0.5, 0.6) is 0 Å². The van der Waals surface area contributed by atoms with E-state index >= 15 is 0 Å². The summed E-state index contributed by atoms with van der Waals surface area (Å²) in [5.74, 6) is -0.682. The fourth-order valence-corrected chi connectivity index (χ4v) is 4.70. The number of carbonyl (C=O) groups is 1. The highest BCUT2D eigenvalue weighted by molar-refractivity contribution is 7.12. The average Bonchev–Trinajstić information content (AvgIpc) is 2.68. The van der Waals surface area contributed by atoms with Crippen LogP contribution >= 0.6 is 11.3 Å². The topological polar surface area (TPSA) is 63.3 Å². The van der Waals surface area contributed by atoms with E-state index in [1.807, 2.05) is 0 Å². The van der Waals surface area contributed by atoms with Gasteiger partial charge in [0, 0.05) is 15.8 Å². The van der Waals surface area contributed by atoms with Gasteiger partial charge in [0.2, 0.25) is 0 Å². The lowest BCUT2D eigenvalue weighted by atomic mass is 9.68. The zero-order chi connectivity index (χ0) is 14.8. The first-order valence-corrected chi connectivity index (χ1v) is 8.28. The summed E-state index contributed by atoms with van der Waals surface area (Å²) in [5, 5.41) is 9.23. The van der Waals surface area contributed by atoms with Crippen LogP contribution in [0.3, 0.4) is 0 Å². The van der Waals surface area contributed by atoms with Crippen molar-refractivity contribution in [3.63, 3.8) is 0 Å². The lowest BCUT2D eigenvalue weighted by Gasteiger charge is -2.38. The van der Waals surface area contributed by atoms with E-state index in [1.165, 1.54) is 21.7 Å². The Hall–Kier alpha value is -0.870. The maximum atomic E-state index is 11.2. The SMILES string of the molecule is Cc1cc(C)c(C(N)CC2(CC(=O)O)CCCCC2)s1. The second-order valence-electron chi connectivity index (χ2n) is 6.35. The molecule has 0 bridgehead atoms. The van der Waals surface area contributed by atoms with Crippen molar-refractivity contribution in [2.24, 2.45) is 11.1 Å². The van der Waals surface area contributed by atoms with Crippen molar-refractivity contribution in [1.29, 1.82) is 0 Å². The molecule has 1 unspecified atom stereocenters. The van der Waals surface area contributed by atoms with Gasteiger partial charge in [-0.25, -0.2) is 0 Å². The third-order valence-corrected chi connectivity index (χ3v) is 5.79. The molecule has 1 aromatic heterocycles. The number of aliphatic carboxylic acids is 1. The smallest absolute Gasteiger partial charge is 0.303 e. The van der Waals surface area contributed by atoms with Crippen LogP contribution in [-0.4, -0.2) is 11.1 Å². The zero-order valence-corrected chi connectivity index (χ0v) is 13.3. The Labute approximate surface area is 125 Å². The molecule has 0 aliphatic heterocycles. The molecule has 0 saturated heterocycles. The molecule has 4 heteroatoms. The predicted octanol–water partition coefficient (Wildman–Crippen LogP) is 4.18. The molecule has 2 rings (SSSR count). The maximum absolute atomic E-state index is 11.2. The summed E-state index contributed by atoms with van der Waals surface area (Å²) in [6.07, 6.45) is 6.61. The third kappa shape index (κ3) is 3.61. The van der Waals surface area contributed by atoms with E-state index in [4.69, 9.17) is 5.73 Å². The van der Waals surface area contributed by atoms with E-state index < -0.39 is 5.97 Å². The highest BCUT2D eigenvalue weighted by atomic mass is 32.1. The predicted molar refractivity (Wildman–Crippen MR) is 83.1 cm³/mol. The van der Waals surface area contributed by atoms with Crippen LogP contribution in [-0.2, 0) is 4.79 Å². The van der Waals surface area contributed by atoms with E-state index in [-0.39, 0.29) is 17.9 Å². The Morgan fingerprint density at radius 3 is 2.55 bits per heavy atom. The van der Waals surface area contributed by atoms with Crippen molar-refractivity contribution in [3.8, 4) is 0 Å². The van der Waals surface area contributed by atoms with Crippen molar-refractivity contribution in [2.75, 3.05) is 0 Å². The molecule has 1 aliphatic rings. The second-order valence-corrected chi connectivity index (χ2v) is 7.63. The summed E-state index contributed by atoms with van der Waals surface area (Å²) in [4.78, 5) is 13.7. The number of rotatable bonds is 5. The Kier molecular flexibility index (Phi) is 4.86. The molecule has 3 N–H and O–H groups in total. The summed E-state index contributed by atoms with van der Waals surface area (Å²) in [6.45, 7) is 4.20. The van der Waals surface area contributed by atoms with Gasteiger partial charge in [0.1, 0.15) is 0 Å². The molecule has 0 amide bonds. The van der Waals surface area contributed by atoms with Crippen LogP contribution in [0.1, 0.15) is 66.3 Å². The van der Waals surface area contributed by atoms with Gasteiger partial charge in [0.15, 0.2) is 0 Å². The van der Waals surface area contributed by atoms with E-state index in [0.29, 0.717) is 0 Å². The molecule has 0 radical (unpaired) electrons. The number of hydrogen-bond acceptors (Lipinski definition) is 3. The number of carboxylic acids is 1. The second kappa shape index (κ2) is 6.27. The summed E-state index contributed by atoms with van der Waals surface area (Å²) in [7, 11) is 0. The summed E-state index contributed by atoms with van der Waals surface area (Å²) >= 11 is 1.76. The molecule has 1 aliphatic carbocycles. The van der Waals surface area contributed by atoms with Crippen LogP contribution in [0, 0.1) is 19.3 Å². The fraction of sp³-hybridized carbons (Fsp3) is 0.688. The van der Waals surface area contributed by atoms with Gasteiger partial charge >= 0.3 is 5.97 Å². The van der Waals surface area contributed by atoms with Crippen molar-refractivity contribution < 1.29 is 9.90 Å². The first kappa shape index (κ1) is 15.5. The number of nitrogens with two attached hydrogens (primary N) is 1. The molecule has 3 nitrogen and oxygen atoms in total. The molecule has 1 heterocycles. The van der Waals surface area contributed by atoms with Crippen molar-refractivity contribution in [3.05, 3.63) is 21.4 Å². The first-order chi connectivity index (χ1) is 9.42. The van der Waals surface area contributed by atoms with Gasteiger partial charge < -0.3 is 10.8 Å². The molecule has 1 atom stereocenters. The van der Waals surface area contributed by atoms with Crippen LogP contribution in [0.15, 0.2) is 6.07 Å². The Balaban J connectivity index is 2.14. The average molecular weight is 295 g/mol. The van der Waals surface area contributed by atoms with Crippen LogP contribution in [0.25, 0.3) is 0 Å². The van der Waals surface area contributed by atoms with Gasteiger partial charge in [0.25, 0.3) is 0 Å². The molecule has 0 spiro atoms. The summed E-state index contributed by atoms with van der Waals surface area (Å²) < 4.78 is 0. The molecule has 1 aromatic rings. The summed E-state index contributed by atoms with van der Waals surface area (Å²) in [5.41, 5.74) is 7.58. The monoisotopic (exact) mass is 295 g/mol. The highest BCUT2D eigenvalue weighted by Crippen LogP contribution is 2.46. The Morgan fingerprint density at radius 1 is 1.40 bits per heavy atom. The Bertz CT molecular complexity index is 475. The maximum Gasteiger partial charge on any atom is 0.303 e. The largest absolute Gasteiger partial charge is 0.481 e.